The third kappa shape index (κ3) is 2.39. The van der Waals surface area contributed by atoms with Crippen LogP contribution in [0.1, 0.15) is 11.1 Å². The number of aryl methyl sites for hydroxylation is 2. The third-order valence-electron chi connectivity index (χ3n) is 2.59. The monoisotopic (exact) mass is 248 g/mol. The van der Waals surface area contributed by atoms with Crippen molar-refractivity contribution in [3.8, 4) is 17.0 Å². The Hall–Kier alpha value is -1.61. The van der Waals surface area contributed by atoms with Crippen molar-refractivity contribution in [2.45, 2.75) is 13.8 Å². The fraction of sp³-hybridized carbons (Fsp3) is 0.231. The molecule has 0 amide bonds. The zero-order valence-electron chi connectivity index (χ0n) is 9.99. The predicted molar refractivity (Wildman–Crippen MR) is 68.5 cm³/mol. The SMILES string of the molecule is COc1c(C)cc(-c2cc(Cl)ncn2)cc1C. The standard InChI is InChI=1S/C13H13ClN2O/c1-8-4-10(5-9(2)13(8)17-3)11-6-12(14)16-7-15-11/h4-7H,1-3H3. The minimum Gasteiger partial charge on any atom is -0.496 e. The molecule has 0 N–H and O–H groups in total. The largest absolute Gasteiger partial charge is 0.496 e. The quantitative estimate of drug-likeness (QED) is 0.764. The van der Waals surface area contributed by atoms with E-state index in [0.29, 0.717) is 5.15 Å². The number of hydrogen-bond acceptors (Lipinski definition) is 3. The van der Waals surface area contributed by atoms with E-state index in [1.807, 2.05) is 26.0 Å². The lowest BCUT2D eigenvalue weighted by atomic mass is 10.0. The van der Waals surface area contributed by atoms with E-state index in [1.54, 1.807) is 13.2 Å². The Kier molecular flexibility index (Phi) is 3.29. The van der Waals surface area contributed by atoms with Gasteiger partial charge in [-0.15, -0.1) is 0 Å². The third-order valence-corrected chi connectivity index (χ3v) is 2.80. The molecule has 1 heterocycles. The van der Waals surface area contributed by atoms with Gasteiger partial charge in [-0.25, -0.2) is 9.97 Å². The van der Waals surface area contributed by atoms with Gasteiger partial charge in [0.15, 0.2) is 0 Å². The molecule has 2 rings (SSSR count). The molecule has 17 heavy (non-hydrogen) atoms. The molecule has 0 aliphatic carbocycles. The average molecular weight is 249 g/mol. The Morgan fingerprint density at radius 3 is 2.24 bits per heavy atom. The first kappa shape index (κ1) is 11.9. The van der Waals surface area contributed by atoms with E-state index in [9.17, 15) is 0 Å². The average Bonchev–Trinajstić information content (AvgIpc) is 2.28. The summed E-state index contributed by atoms with van der Waals surface area (Å²) in [4.78, 5) is 8.08. The number of aromatic nitrogens is 2. The molecule has 2 aromatic rings. The lowest BCUT2D eigenvalue weighted by Crippen LogP contribution is -1.93. The van der Waals surface area contributed by atoms with Crippen LogP contribution in [0.4, 0.5) is 0 Å². The van der Waals surface area contributed by atoms with Gasteiger partial charge in [0.2, 0.25) is 0 Å². The molecule has 1 aromatic carbocycles. The topological polar surface area (TPSA) is 35.0 Å². The van der Waals surface area contributed by atoms with Crippen molar-refractivity contribution in [1.29, 1.82) is 0 Å². The molecule has 0 radical (unpaired) electrons. The summed E-state index contributed by atoms with van der Waals surface area (Å²) >= 11 is 5.86. The first-order chi connectivity index (χ1) is 8.11. The maximum absolute atomic E-state index is 5.86. The molecule has 0 atom stereocenters. The summed E-state index contributed by atoms with van der Waals surface area (Å²) in [5.41, 5.74) is 4.00. The van der Waals surface area contributed by atoms with E-state index in [1.165, 1.54) is 6.33 Å². The molecule has 0 bridgehead atoms. The molecule has 0 unspecified atom stereocenters. The molecule has 0 saturated heterocycles. The lowest BCUT2D eigenvalue weighted by molar-refractivity contribution is 0.408. The highest BCUT2D eigenvalue weighted by Crippen LogP contribution is 2.29. The van der Waals surface area contributed by atoms with Gasteiger partial charge in [0.1, 0.15) is 17.2 Å². The van der Waals surface area contributed by atoms with Crippen LogP contribution in [-0.2, 0) is 0 Å². The minimum absolute atomic E-state index is 0.445. The van der Waals surface area contributed by atoms with Crippen molar-refractivity contribution in [2.75, 3.05) is 7.11 Å². The summed E-state index contributed by atoms with van der Waals surface area (Å²) < 4.78 is 5.33. The van der Waals surface area contributed by atoms with Crippen LogP contribution in [0.3, 0.4) is 0 Å². The molecule has 0 saturated carbocycles. The zero-order chi connectivity index (χ0) is 12.4. The van der Waals surface area contributed by atoms with E-state index in [2.05, 4.69) is 9.97 Å². The highest BCUT2D eigenvalue weighted by Gasteiger charge is 2.08. The van der Waals surface area contributed by atoms with E-state index >= 15 is 0 Å². The number of halogens is 1. The van der Waals surface area contributed by atoms with Gasteiger partial charge < -0.3 is 4.74 Å². The Morgan fingerprint density at radius 2 is 1.71 bits per heavy atom. The Morgan fingerprint density at radius 1 is 1.06 bits per heavy atom. The number of ether oxygens (including phenoxy) is 1. The van der Waals surface area contributed by atoms with Crippen LogP contribution in [0.2, 0.25) is 5.15 Å². The van der Waals surface area contributed by atoms with Crippen LogP contribution in [0.15, 0.2) is 24.5 Å². The van der Waals surface area contributed by atoms with Crippen LogP contribution < -0.4 is 4.74 Å². The smallest absolute Gasteiger partial charge is 0.133 e. The molecule has 0 aliphatic heterocycles. The molecule has 0 spiro atoms. The van der Waals surface area contributed by atoms with Crippen molar-refractivity contribution in [3.63, 3.8) is 0 Å². The summed E-state index contributed by atoms with van der Waals surface area (Å²) in [7, 11) is 1.68. The van der Waals surface area contributed by atoms with E-state index in [-0.39, 0.29) is 0 Å². The molecule has 4 heteroatoms. The Bertz CT molecular complexity index is 532. The first-order valence-corrected chi connectivity index (χ1v) is 5.62. The predicted octanol–water partition coefficient (Wildman–Crippen LogP) is 3.42. The van der Waals surface area contributed by atoms with Crippen molar-refractivity contribution in [2.24, 2.45) is 0 Å². The van der Waals surface area contributed by atoms with Gasteiger partial charge in [-0.2, -0.15) is 0 Å². The molecule has 1 aromatic heterocycles. The summed E-state index contributed by atoms with van der Waals surface area (Å²) in [6.07, 6.45) is 1.46. The summed E-state index contributed by atoms with van der Waals surface area (Å²) in [6.45, 7) is 4.02. The maximum atomic E-state index is 5.86. The summed E-state index contributed by atoms with van der Waals surface area (Å²) in [5, 5.41) is 0.445. The van der Waals surface area contributed by atoms with Crippen molar-refractivity contribution < 1.29 is 4.74 Å². The second-order valence-electron chi connectivity index (χ2n) is 3.87. The fourth-order valence-corrected chi connectivity index (χ4v) is 2.06. The van der Waals surface area contributed by atoms with E-state index in [4.69, 9.17) is 16.3 Å². The van der Waals surface area contributed by atoms with E-state index < -0.39 is 0 Å². The van der Waals surface area contributed by atoms with Crippen LogP contribution in [0.25, 0.3) is 11.3 Å². The van der Waals surface area contributed by atoms with Crippen molar-refractivity contribution in [3.05, 3.63) is 40.8 Å². The van der Waals surface area contributed by atoms with E-state index in [0.717, 1.165) is 28.1 Å². The Balaban J connectivity index is 2.54. The molecule has 0 fully saturated rings. The van der Waals surface area contributed by atoms with Crippen molar-refractivity contribution in [1.82, 2.24) is 9.97 Å². The number of nitrogens with zero attached hydrogens (tertiary/aromatic N) is 2. The second kappa shape index (κ2) is 4.72. The van der Waals surface area contributed by atoms with Crippen LogP contribution >= 0.6 is 11.6 Å². The number of methoxy groups -OCH3 is 1. The highest BCUT2D eigenvalue weighted by atomic mass is 35.5. The van der Waals surface area contributed by atoms with Gasteiger partial charge in [-0.1, -0.05) is 11.6 Å². The molecule has 3 nitrogen and oxygen atoms in total. The second-order valence-corrected chi connectivity index (χ2v) is 4.26. The van der Waals surface area contributed by atoms with Gasteiger partial charge >= 0.3 is 0 Å². The van der Waals surface area contributed by atoms with Gasteiger partial charge in [0, 0.05) is 11.6 Å². The number of hydrogen-bond donors (Lipinski definition) is 0. The number of rotatable bonds is 2. The van der Waals surface area contributed by atoms with Gasteiger partial charge in [-0.3, -0.25) is 0 Å². The maximum Gasteiger partial charge on any atom is 0.133 e. The fourth-order valence-electron chi connectivity index (χ4n) is 1.91. The molecular formula is C13H13ClN2O. The molecule has 0 aliphatic rings. The molecular weight excluding hydrogens is 236 g/mol. The zero-order valence-corrected chi connectivity index (χ0v) is 10.7. The lowest BCUT2D eigenvalue weighted by Gasteiger charge is -2.10. The van der Waals surface area contributed by atoms with Crippen LogP contribution in [-0.4, -0.2) is 17.1 Å². The van der Waals surface area contributed by atoms with Gasteiger partial charge in [-0.05, 0) is 37.1 Å². The number of benzene rings is 1. The highest BCUT2D eigenvalue weighted by molar-refractivity contribution is 6.29. The van der Waals surface area contributed by atoms with Crippen LogP contribution in [0.5, 0.6) is 5.75 Å². The summed E-state index contributed by atoms with van der Waals surface area (Å²) in [6, 6.07) is 5.82. The summed E-state index contributed by atoms with van der Waals surface area (Å²) in [5.74, 6) is 0.911. The normalized spacial score (nSPS) is 10.4. The molecule has 88 valence electrons. The van der Waals surface area contributed by atoms with Crippen LogP contribution in [0, 0.1) is 13.8 Å². The van der Waals surface area contributed by atoms with Crippen molar-refractivity contribution >= 4 is 11.6 Å². The Labute approximate surface area is 105 Å². The minimum atomic E-state index is 0.445. The van der Waals surface area contributed by atoms with Gasteiger partial charge in [0.05, 0.1) is 12.8 Å². The van der Waals surface area contributed by atoms with Gasteiger partial charge in [0.25, 0.3) is 0 Å². The first-order valence-electron chi connectivity index (χ1n) is 5.25.